The molecule has 1 aliphatic heterocycles. The fraction of sp³-hybridized carbons (Fsp3) is 0.133. The summed E-state index contributed by atoms with van der Waals surface area (Å²) in [6.45, 7) is 3.07. The summed E-state index contributed by atoms with van der Waals surface area (Å²) in [7, 11) is 1.56. The van der Waals surface area contributed by atoms with Crippen molar-refractivity contribution in [2.45, 2.75) is 19.9 Å². The lowest BCUT2D eigenvalue weighted by molar-refractivity contribution is -0.132. The van der Waals surface area contributed by atoms with Crippen LogP contribution in [-0.4, -0.2) is 23.6 Å². The van der Waals surface area contributed by atoms with Crippen molar-refractivity contribution in [1.82, 2.24) is 4.57 Å². The van der Waals surface area contributed by atoms with Crippen molar-refractivity contribution in [2.75, 3.05) is 12.4 Å². The van der Waals surface area contributed by atoms with Crippen LogP contribution in [0.25, 0.3) is 6.08 Å². The van der Waals surface area contributed by atoms with Gasteiger partial charge in [-0.2, -0.15) is 0 Å². The molecule has 3 aromatic carbocycles. The summed E-state index contributed by atoms with van der Waals surface area (Å²) in [5, 5.41) is 2.94. The number of amides is 1. The van der Waals surface area contributed by atoms with E-state index in [0.29, 0.717) is 47.6 Å². The molecule has 0 unspecified atom stereocenters. The maximum absolute atomic E-state index is 14.1. The van der Waals surface area contributed by atoms with Crippen LogP contribution in [0.5, 0.6) is 11.5 Å². The highest BCUT2D eigenvalue weighted by Crippen LogP contribution is 2.34. The van der Waals surface area contributed by atoms with E-state index in [1.807, 2.05) is 30.3 Å². The average molecular weight is 697 g/mol. The van der Waals surface area contributed by atoms with E-state index in [-0.39, 0.29) is 17.2 Å². The second kappa shape index (κ2) is 12.0. The Morgan fingerprint density at radius 1 is 1.07 bits per heavy atom. The van der Waals surface area contributed by atoms with Gasteiger partial charge in [-0.1, -0.05) is 57.6 Å². The number of anilines is 1. The number of aromatic nitrogens is 1. The first kappa shape index (κ1) is 28.7. The Morgan fingerprint density at radius 2 is 1.83 bits per heavy atom. The lowest BCUT2D eigenvalue weighted by Gasteiger charge is -2.25. The lowest BCUT2D eigenvalue weighted by Crippen LogP contribution is -2.40. The summed E-state index contributed by atoms with van der Waals surface area (Å²) >= 11 is 8.09. The molecule has 4 aromatic rings. The van der Waals surface area contributed by atoms with E-state index in [9.17, 15) is 14.4 Å². The lowest BCUT2D eigenvalue weighted by atomic mass is 9.95. The van der Waals surface area contributed by atoms with Crippen molar-refractivity contribution < 1.29 is 19.1 Å². The van der Waals surface area contributed by atoms with Crippen molar-refractivity contribution in [3.05, 3.63) is 118 Å². The maximum Gasteiger partial charge on any atom is 0.308 e. The van der Waals surface area contributed by atoms with Crippen molar-refractivity contribution in [3.8, 4) is 11.5 Å². The SMILES string of the molecule is COc1cccc([C@H]2C(C(=O)Nc3ccccc3)=C(C)N=c3s/c(=C\c4cc(Br)cc(Br)c4OC(C)=O)c(=O)n32)c1. The summed E-state index contributed by atoms with van der Waals surface area (Å²) in [4.78, 5) is 44.7. The average Bonchev–Trinajstić information content (AvgIpc) is 3.24. The molecule has 1 atom stereocenters. The molecule has 0 spiro atoms. The van der Waals surface area contributed by atoms with Crippen molar-refractivity contribution in [2.24, 2.45) is 4.99 Å². The molecular weight excluding hydrogens is 674 g/mol. The van der Waals surface area contributed by atoms with E-state index in [2.05, 4.69) is 42.2 Å². The van der Waals surface area contributed by atoms with Gasteiger partial charge in [0.1, 0.15) is 5.75 Å². The van der Waals surface area contributed by atoms with Crippen LogP contribution in [0.1, 0.15) is 31.0 Å². The summed E-state index contributed by atoms with van der Waals surface area (Å²) in [6.07, 6.45) is 1.66. The minimum atomic E-state index is -0.769. The number of fused-ring (bicyclic) bond motifs is 1. The predicted molar refractivity (Wildman–Crippen MR) is 165 cm³/mol. The minimum absolute atomic E-state index is 0.287. The van der Waals surface area contributed by atoms with Gasteiger partial charge in [0, 0.05) is 22.6 Å². The number of benzene rings is 3. The van der Waals surface area contributed by atoms with Crippen LogP contribution in [0.2, 0.25) is 0 Å². The first-order chi connectivity index (χ1) is 19.7. The number of carbonyl (C=O) groups excluding carboxylic acids is 2. The molecule has 41 heavy (non-hydrogen) atoms. The number of rotatable bonds is 6. The summed E-state index contributed by atoms with van der Waals surface area (Å²) in [5.74, 6) is 0.0153. The van der Waals surface area contributed by atoms with Gasteiger partial charge >= 0.3 is 5.97 Å². The highest BCUT2D eigenvalue weighted by Gasteiger charge is 2.33. The van der Waals surface area contributed by atoms with Crippen LogP contribution >= 0.6 is 43.2 Å². The largest absolute Gasteiger partial charge is 0.497 e. The molecule has 5 rings (SSSR count). The van der Waals surface area contributed by atoms with Gasteiger partial charge in [-0.05, 0) is 70.9 Å². The standard InChI is InChI=1S/C30H23Br2N3O5S/c1-16-25(28(37)34-21-9-5-4-6-10-21)26(18-8-7-11-22(13-18)39-3)35-29(38)24(41-30(35)33-16)14-19-12-20(31)15-23(32)27(19)40-17(2)36/h4-15,26H,1-3H3,(H,34,37)/b24-14-/t26-/m0/s1. The number of halogens is 2. The summed E-state index contributed by atoms with van der Waals surface area (Å²) < 4.78 is 14.0. The number of nitrogens with one attached hydrogen (secondary N) is 1. The zero-order valence-electron chi connectivity index (χ0n) is 22.1. The Morgan fingerprint density at radius 3 is 2.54 bits per heavy atom. The monoisotopic (exact) mass is 695 g/mol. The van der Waals surface area contributed by atoms with E-state index in [0.717, 1.165) is 4.47 Å². The van der Waals surface area contributed by atoms with Gasteiger partial charge in [0.05, 0.1) is 33.4 Å². The maximum atomic E-state index is 14.1. The van der Waals surface area contributed by atoms with Gasteiger partial charge in [0.25, 0.3) is 11.5 Å². The molecule has 1 N–H and O–H groups in total. The number of esters is 1. The first-order valence-electron chi connectivity index (χ1n) is 12.4. The number of hydrogen-bond donors (Lipinski definition) is 1. The minimum Gasteiger partial charge on any atom is -0.497 e. The number of carbonyl (C=O) groups is 2. The normalized spacial score (nSPS) is 14.8. The van der Waals surface area contributed by atoms with Crippen LogP contribution < -0.4 is 29.7 Å². The van der Waals surface area contributed by atoms with E-state index in [4.69, 9.17) is 9.47 Å². The molecule has 8 nitrogen and oxygen atoms in total. The molecule has 0 saturated heterocycles. The molecule has 1 aliphatic rings. The van der Waals surface area contributed by atoms with Crippen LogP contribution in [0, 0.1) is 0 Å². The zero-order valence-corrected chi connectivity index (χ0v) is 26.1. The Balaban J connectivity index is 1.71. The quantitative estimate of drug-likeness (QED) is 0.217. The van der Waals surface area contributed by atoms with Gasteiger partial charge in [-0.25, -0.2) is 4.99 Å². The zero-order chi connectivity index (χ0) is 29.3. The molecule has 0 saturated carbocycles. The molecule has 1 aromatic heterocycles. The molecule has 2 heterocycles. The third-order valence-electron chi connectivity index (χ3n) is 6.28. The van der Waals surface area contributed by atoms with Crippen LogP contribution in [0.15, 0.2) is 96.7 Å². The first-order valence-corrected chi connectivity index (χ1v) is 14.8. The van der Waals surface area contributed by atoms with E-state index >= 15 is 0 Å². The molecule has 0 fully saturated rings. The van der Waals surface area contributed by atoms with Crippen LogP contribution in [0.3, 0.4) is 0 Å². The Kier molecular flexibility index (Phi) is 8.39. The second-order valence-corrected chi connectivity index (χ2v) is 11.9. The number of methoxy groups -OCH3 is 1. The Labute approximate surface area is 255 Å². The highest BCUT2D eigenvalue weighted by atomic mass is 79.9. The van der Waals surface area contributed by atoms with Gasteiger partial charge in [-0.3, -0.25) is 19.0 Å². The highest BCUT2D eigenvalue weighted by molar-refractivity contribution is 9.11. The smallest absolute Gasteiger partial charge is 0.308 e. The van der Waals surface area contributed by atoms with Gasteiger partial charge < -0.3 is 14.8 Å². The Bertz CT molecular complexity index is 1900. The molecule has 0 aliphatic carbocycles. The third-order valence-corrected chi connectivity index (χ3v) is 8.31. The predicted octanol–water partition coefficient (Wildman–Crippen LogP) is 5.33. The number of allylic oxidation sites excluding steroid dienone is 1. The molecule has 11 heteroatoms. The summed E-state index contributed by atoms with van der Waals surface area (Å²) in [5.41, 5.74) is 2.32. The molecule has 0 bridgehead atoms. The summed E-state index contributed by atoms with van der Waals surface area (Å²) in [6, 6.07) is 19.1. The van der Waals surface area contributed by atoms with E-state index in [1.165, 1.54) is 22.8 Å². The molecule has 0 radical (unpaired) electrons. The van der Waals surface area contributed by atoms with Crippen LogP contribution in [0.4, 0.5) is 5.69 Å². The molecule has 1 amide bonds. The van der Waals surface area contributed by atoms with Gasteiger partial charge in [0.2, 0.25) is 0 Å². The van der Waals surface area contributed by atoms with Crippen molar-refractivity contribution >= 4 is 66.8 Å². The number of nitrogens with zero attached hydrogens (tertiary/aromatic N) is 2. The number of ether oxygens (including phenoxy) is 2. The molecule has 208 valence electrons. The number of hydrogen-bond acceptors (Lipinski definition) is 7. The third kappa shape index (κ3) is 5.97. The van der Waals surface area contributed by atoms with E-state index < -0.39 is 12.0 Å². The fourth-order valence-electron chi connectivity index (χ4n) is 4.54. The number of para-hydroxylation sites is 1. The van der Waals surface area contributed by atoms with Gasteiger partial charge in [-0.15, -0.1) is 0 Å². The van der Waals surface area contributed by atoms with Crippen molar-refractivity contribution in [1.29, 1.82) is 0 Å². The van der Waals surface area contributed by atoms with Crippen molar-refractivity contribution in [3.63, 3.8) is 0 Å². The molecular formula is C30H23Br2N3O5S. The second-order valence-electron chi connectivity index (χ2n) is 9.08. The van der Waals surface area contributed by atoms with Crippen LogP contribution in [-0.2, 0) is 9.59 Å². The van der Waals surface area contributed by atoms with Gasteiger partial charge in [0.15, 0.2) is 10.6 Å². The fourth-order valence-corrected chi connectivity index (χ4v) is 6.92. The number of thiazole rings is 1. The topological polar surface area (TPSA) is 99.0 Å². The Hall–Kier alpha value is -3.80. The van der Waals surface area contributed by atoms with E-state index in [1.54, 1.807) is 56.5 Å².